The SMILES string of the molecule is COc1ccc(C(C)=O)cc1CC(=O)OC1CCCC1OC. The largest absolute Gasteiger partial charge is 0.496 e. The molecule has 1 saturated carbocycles. The number of ether oxygens (including phenoxy) is 3. The second-order valence-electron chi connectivity index (χ2n) is 5.49. The second kappa shape index (κ2) is 7.40. The topological polar surface area (TPSA) is 61.8 Å². The Balaban J connectivity index is 2.07. The predicted molar refractivity (Wildman–Crippen MR) is 81.2 cm³/mol. The molecule has 0 N–H and O–H groups in total. The van der Waals surface area contributed by atoms with Crippen LogP contribution in [0.25, 0.3) is 0 Å². The first-order valence-electron chi connectivity index (χ1n) is 7.45. The summed E-state index contributed by atoms with van der Waals surface area (Å²) in [5.74, 6) is 0.206. The van der Waals surface area contributed by atoms with E-state index in [9.17, 15) is 9.59 Å². The van der Waals surface area contributed by atoms with Crippen LogP contribution < -0.4 is 4.74 Å². The van der Waals surface area contributed by atoms with Crippen LogP contribution >= 0.6 is 0 Å². The van der Waals surface area contributed by atoms with Crippen molar-refractivity contribution < 1.29 is 23.8 Å². The van der Waals surface area contributed by atoms with Gasteiger partial charge in [-0.05, 0) is 44.4 Å². The summed E-state index contributed by atoms with van der Waals surface area (Å²) < 4.78 is 16.1. The van der Waals surface area contributed by atoms with Crippen LogP contribution in [0.2, 0.25) is 0 Å². The Hall–Kier alpha value is -1.88. The summed E-state index contributed by atoms with van der Waals surface area (Å²) in [4.78, 5) is 23.6. The lowest BCUT2D eigenvalue weighted by atomic mass is 10.0. The van der Waals surface area contributed by atoms with Crippen molar-refractivity contribution in [3.8, 4) is 5.75 Å². The standard InChI is InChI=1S/C17H22O5/c1-11(18)12-7-8-14(20-2)13(9-12)10-17(19)22-16-6-4-5-15(16)21-3/h7-9,15-16H,4-6,10H2,1-3H3. The van der Waals surface area contributed by atoms with Crippen LogP contribution in [0.4, 0.5) is 0 Å². The van der Waals surface area contributed by atoms with E-state index in [4.69, 9.17) is 14.2 Å². The van der Waals surface area contributed by atoms with Crippen LogP contribution in [-0.4, -0.2) is 38.2 Å². The number of rotatable bonds is 6. The molecule has 0 amide bonds. The Bertz CT molecular complexity index is 552. The minimum atomic E-state index is -0.326. The molecule has 1 aliphatic carbocycles. The van der Waals surface area contributed by atoms with Crippen LogP contribution in [-0.2, 0) is 20.7 Å². The third-order valence-electron chi connectivity index (χ3n) is 4.00. The van der Waals surface area contributed by atoms with Gasteiger partial charge in [0.2, 0.25) is 0 Å². The van der Waals surface area contributed by atoms with E-state index in [1.807, 2.05) is 0 Å². The zero-order chi connectivity index (χ0) is 16.1. The first-order chi connectivity index (χ1) is 10.5. The van der Waals surface area contributed by atoms with Gasteiger partial charge in [0.15, 0.2) is 5.78 Å². The van der Waals surface area contributed by atoms with Gasteiger partial charge in [-0.2, -0.15) is 0 Å². The van der Waals surface area contributed by atoms with Crippen LogP contribution in [0, 0.1) is 0 Å². The third-order valence-corrected chi connectivity index (χ3v) is 4.00. The van der Waals surface area contributed by atoms with E-state index in [2.05, 4.69) is 0 Å². The van der Waals surface area contributed by atoms with Crippen LogP contribution in [0.15, 0.2) is 18.2 Å². The van der Waals surface area contributed by atoms with Crippen molar-refractivity contribution in [3.05, 3.63) is 29.3 Å². The van der Waals surface area contributed by atoms with Gasteiger partial charge < -0.3 is 14.2 Å². The Labute approximate surface area is 130 Å². The molecule has 1 aliphatic rings. The molecule has 0 aliphatic heterocycles. The van der Waals surface area contributed by atoms with Crippen LogP contribution in [0.1, 0.15) is 42.1 Å². The highest BCUT2D eigenvalue weighted by molar-refractivity contribution is 5.94. The highest BCUT2D eigenvalue weighted by Crippen LogP contribution is 2.26. The molecule has 0 aromatic heterocycles. The molecule has 5 heteroatoms. The number of Topliss-reactive ketones (excluding diaryl/α,β-unsaturated/α-hetero) is 1. The van der Waals surface area contributed by atoms with Crippen molar-refractivity contribution in [1.82, 2.24) is 0 Å². The Morgan fingerprint density at radius 2 is 1.91 bits per heavy atom. The molecule has 1 aromatic carbocycles. The molecule has 0 radical (unpaired) electrons. The van der Waals surface area contributed by atoms with E-state index in [0.717, 1.165) is 19.3 Å². The van der Waals surface area contributed by atoms with Gasteiger partial charge in [-0.1, -0.05) is 0 Å². The predicted octanol–water partition coefficient (Wildman–Crippen LogP) is 2.55. The van der Waals surface area contributed by atoms with Gasteiger partial charge in [0.25, 0.3) is 0 Å². The van der Waals surface area contributed by atoms with Gasteiger partial charge in [0, 0.05) is 18.2 Å². The number of methoxy groups -OCH3 is 2. The zero-order valence-electron chi connectivity index (χ0n) is 13.3. The first kappa shape index (κ1) is 16.5. The smallest absolute Gasteiger partial charge is 0.310 e. The monoisotopic (exact) mass is 306 g/mol. The number of carbonyl (C=O) groups excluding carboxylic acids is 2. The Morgan fingerprint density at radius 1 is 1.18 bits per heavy atom. The quantitative estimate of drug-likeness (QED) is 0.597. The van der Waals surface area contributed by atoms with Crippen molar-refractivity contribution in [2.45, 2.75) is 44.8 Å². The molecule has 0 spiro atoms. The van der Waals surface area contributed by atoms with Crippen molar-refractivity contribution in [2.75, 3.05) is 14.2 Å². The molecular formula is C17H22O5. The molecule has 2 rings (SSSR count). The summed E-state index contributed by atoms with van der Waals surface area (Å²) in [6.45, 7) is 1.49. The number of carbonyl (C=O) groups is 2. The fourth-order valence-corrected chi connectivity index (χ4v) is 2.80. The number of hydrogen-bond acceptors (Lipinski definition) is 5. The van der Waals surface area contributed by atoms with Crippen molar-refractivity contribution in [1.29, 1.82) is 0 Å². The van der Waals surface area contributed by atoms with Gasteiger partial charge in [-0.25, -0.2) is 0 Å². The molecule has 2 atom stereocenters. The molecule has 2 unspecified atom stereocenters. The fraction of sp³-hybridized carbons (Fsp3) is 0.529. The first-order valence-corrected chi connectivity index (χ1v) is 7.45. The lowest BCUT2D eigenvalue weighted by molar-refractivity contribution is -0.153. The van der Waals surface area contributed by atoms with Crippen LogP contribution in [0.3, 0.4) is 0 Å². The van der Waals surface area contributed by atoms with Gasteiger partial charge in [0.1, 0.15) is 11.9 Å². The molecule has 0 saturated heterocycles. The third kappa shape index (κ3) is 3.85. The van der Waals surface area contributed by atoms with Crippen molar-refractivity contribution in [2.24, 2.45) is 0 Å². The highest BCUT2D eigenvalue weighted by Gasteiger charge is 2.30. The summed E-state index contributed by atoms with van der Waals surface area (Å²) in [7, 11) is 3.17. The van der Waals surface area contributed by atoms with E-state index >= 15 is 0 Å². The summed E-state index contributed by atoms with van der Waals surface area (Å²) in [6, 6.07) is 5.08. The normalized spacial score (nSPS) is 20.7. The highest BCUT2D eigenvalue weighted by atomic mass is 16.6. The Morgan fingerprint density at radius 3 is 2.55 bits per heavy atom. The maximum Gasteiger partial charge on any atom is 0.310 e. The number of hydrogen-bond donors (Lipinski definition) is 0. The van der Waals surface area contributed by atoms with Gasteiger partial charge in [-0.3, -0.25) is 9.59 Å². The maximum atomic E-state index is 12.2. The minimum absolute atomic E-state index is 0.0191. The van der Waals surface area contributed by atoms with E-state index < -0.39 is 0 Å². The lowest BCUT2D eigenvalue weighted by Gasteiger charge is -2.19. The summed E-state index contributed by atoms with van der Waals surface area (Å²) in [5.41, 5.74) is 1.21. The van der Waals surface area contributed by atoms with Crippen molar-refractivity contribution in [3.63, 3.8) is 0 Å². The molecule has 0 bridgehead atoms. The molecule has 1 fully saturated rings. The second-order valence-corrected chi connectivity index (χ2v) is 5.49. The van der Waals surface area contributed by atoms with Crippen molar-refractivity contribution >= 4 is 11.8 Å². The van der Waals surface area contributed by atoms with E-state index in [-0.39, 0.29) is 30.4 Å². The summed E-state index contributed by atoms with van der Waals surface area (Å²) in [5, 5.41) is 0. The molecule has 1 aromatic rings. The fourth-order valence-electron chi connectivity index (χ4n) is 2.80. The average Bonchev–Trinajstić information content (AvgIpc) is 2.94. The Kier molecular flexibility index (Phi) is 5.55. The molecule has 5 nitrogen and oxygen atoms in total. The maximum absolute atomic E-state index is 12.2. The van der Waals surface area contributed by atoms with E-state index in [1.165, 1.54) is 14.0 Å². The van der Waals surface area contributed by atoms with E-state index in [1.54, 1.807) is 25.3 Å². The number of ketones is 1. The summed E-state index contributed by atoms with van der Waals surface area (Å²) in [6.07, 6.45) is 2.62. The van der Waals surface area contributed by atoms with E-state index in [0.29, 0.717) is 16.9 Å². The number of esters is 1. The molecular weight excluding hydrogens is 284 g/mol. The summed E-state index contributed by atoms with van der Waals surface area (Å²) >= 11 is 0. The van der Waals surface area contributed by atoms with Gasteiger partial charge in [-0.15, -0.1) is 0 Å². The van der Waals surface area contributed by atoms with Gasteiger partial charge in [0.05, 0.1) is 19.6 Å². The van der Waals surface area contributed by atoms with Gasteiger partial charge >= 0.3 is 5.97 Å². The molecule has 0 heterocycles. The number of benzene rings is 1. The average molecular weight is 306 g/mol. The lowest BCUT2D eigenvalue weighted by Crippen LogP contribution is -2.28. The van der Waals surface area contributed by atoms with Crippen LogP contribution in [0.5, 0.6) is 5.75 Å². The zero-order valence-corrected chi connectivity index (χ0v) is 13.3. The molecule has 120 valence electrons. The minimum Gasteiger partial charge on any atom is -0.496 e. The molecule has 22 heavy (non-hydrogen) atoms.